The second-order valence-electron chi connectivity index (χ2n) is 7.24. The summed E-state index contributed by atoms with van der Waals surface area (Å²) in [5.74, 6) is -0.910. The van der Waals surface area contributed by atoms with E-state index in [1.807, 2.05) is 37.3 Å². The molecule has 0 amide bonds. The number of aromatic carboxylic acids is 1. The Labute approximate surface area is 161 Å². The minimum atomic E-state index is -1.20. The van der Waals surface area contributed by atoms with Crippen molar-refractivity contribution in [1.82, 2.24) is 4.40 Å². The summed E-state index contributed by atoms with van der Waals surface area (Å²) in [6.45, 7) is 3.68. The Hall–Kier alpha value is -3.41. The fourth-order valence-corrected chi connectivity index (χ4v) is 3.74. The van der Waals surface area contributed by atoms with Crippen LogP contribution in [0.15, 0.2) is 52.5 Å². The molecule has 142 valence electrons. The van der Waals surface area contributed by atoms with Crippen LogP contribution < -0.4 is 5.56 Å². The van der Waals surface area contributed by atoms with Crippen LogP contribution in [0.3, 0.4) is 0 Å². The molecule has 1 aromatic carbocycles. The van der Waals surface area contributed by atoms with Crippen molar-refractivity contribution in [2.45, 2.75) is 32.6 Å². The summed E-state index contributed by atoms with van der Waals surface area (Å²) in [5.41, 5.74) is 5.14. The van der Waals surface area contributed by atoms with Gasteiger partial charge >= 0.3 is 5.97 Å². The van der Waals surface area contributed by atoms with E-state index in [4.69, 9.17) is 5.21 Å². The molecule has 1 aliphatic carbocycles. The van der Waals surface area contributed by atoms with Crippen molar-refractivity contribution in [1.29, 1.82) is 0 Å². The predicted molar refractivity (Wildman–Crippen MR) is 107 cm³/mol. The number of carboxylic acid groups (broad SMARTS) is 1. The van der Waals surface area contributed by atoms with E-state index in [-0.39, 0.29) is 11.5 Å². The number of hydrogen-bond acceptors (Lipinski definition) is 4. The van der Waals surface area contributed by atoms with Gasteiger partial charge in [-0.1, -0.05) is 23.4 Å². The number of carboxylic acids is 1. The average molecular weight is 376 g/mol. The highest BCUT2D eigenvalue weighted by molar-refractivity contribution is 5.99. The van der Waals surface area contributed by atoms with Crippen LogP contribution in [-0.4, -0.2) is 26.4 Å². The molecular weight excluding hydrogens is 356 g/mol. The zero-order chi connectivity index (χ0) is 20.0. The van der Waals surface area contributed by atoms with Crippen LogP contribution in [-0.2, 0) is 0 Å². The first kappa shape index (κ1) is 18.0. The van der Waals surface area contributed by atoms with Crippen molar-refractivity contribution in [3.63, 3.8) is 0 Å². The molecule has 0 saturated heterocycles. The molecule has 4 rings (SSSR count). The number of benzene rings is 1. The fraction of sp³-hybridized carbons (Fsp3) is 0.227. The van der Waals surface area contributed by atoms with E-state index >= 15 is 0 Å². The lowest BCUT2D eigenvalue weighted by Gasteiger charge is -2.15. The van der Waals surface area contributed by atoms with Crippen LogP contribution in [0.5, 0.6) is 0 Å². The van der Waals surface area contributed by atoms with Crippen molar-refractivity contribution in [2.75, 3.05) is 0 Å². The fourth-order valence-electron chi connectivity index (χ4n) is 3.74. The van der Waals surface area contributed by atoms with E-state index < -0.39 is 11.5 Å². The number of rotatable bonds is 4. The molecule has 0 aliphatic heterocycles. The van der Waals surface area contributed by atoms with Crippen molar-refractivity contribution in [3.8, 4) is 11.1 Å². The Balaban J connectivity index is 2.00. The molecule has 0 unspecified atom stereocenters. The van der Waals surface area contributed by atoms with Gasteiger partial charge in [-0.3, -0.25) is 9.20 Å². The molecule has 0 bridgehead atoms. The first-order chi connectivity index (χ1) is 13.4. The number of pyridine rings is 2. The van der Waals surface area contributed by atoms with Gasteiger partial charge in [-0.15, -0.1) is 0 Å². The molecule has 28 heavy (non-hydrogen) atoms. The largest absolute Gasteiger partial charge is 0.477 e. The molecule has 6 heteroatoms. The maximum atomic E-state index is 12.7. The van der Waals surface area contributed by atoms with E-state index in [0.717, 1.165) is 46.2 Å². The molecule has 6 nitrogen and oxygen atoms in total. The lowest BCUT2D eigenvalue weighted by atomic mass is 9.95. The molecule has 2 aromatic heterocycles. The predicted octanol–water partition coefficient (Wildman–Crippen LogP) is 4.05. The minimum absolute atomic E-state index is 0.191. The second-order valence-corrected chi connectivity index (χ2v) is 7.24. The Morgan fingerprint density at radius 2 is 1.96 bits per heavy atom. The van der Waals surface area contributed by atoms with E-state index in [0.29, 0.717) is 5.71 Å². The van der Waals surface area contributed by atoms with Crippen molar-refractivity contribution < 1.29 is 15.1 Å². The summed E-state index contributed by atoms with van der Waals surface area (Å²) in [6.07, 6.45) is 3.65. The Kier molecular flexibility index (Phi) is 4.26. The van der Waals surface area contributed by atoms with Crippen molar-refractivity contribution in [2.24, 2.45) is 5.16 Å². The normalized spacial score (nSPS) is 14.4. The number of nitrogens with zero attached hydrogens (tertiary/aromatic N) is 2. The second kappa shape index (κ2) is 6.64. The van der Waals surface area contributed by atoms with Gasteiger partial charge in [0.25, 0.3) is 5.56 Å². The first-order valence-corrected chi connectivity index (χ1v) is 9.14. The van der Waals surface area contributed by atoms with Crippen LogP contribution in [0, 0.1) is 6.92 Å². The van der Waals surface area contributed by atoms with Crippen LogP contribution in [0.1, 0.15) is 52.7 Å². The Morgan fingerprint density at radius 1 is 1.21 bits per heavy atom. The molecule has 1 saturated carbocycles. The van der Waals surface area contributed by atoms with Gasteiger partial charge in [-0.25, -0.2) is 4.79 Å². The highest BCUT2D eigenvalue weighted by Crippen LogP contribution is 2.43. The van der Waals surface area contributed by atoms with E-state index in [9.17, 15) is 14.7 Å². The SMILES string of the molecule is CC(=NO)c1cccc(-c2ccn3c(=O)c(C(=O)O)cc(C4CC4)c3c2C)c1. The number of oxime groups is 1. The van der Waals surface area contributed by atoms with Crippen LogP contribution >= 0.6 is 0 Å². The van der Waals surface area contributed by atoms with Crippen LogP contribution in [0.2, 0.25) is 0 Å². The zero-order valence-electron chi connectivity index (χ0n) is 15.6. The third-order valence-corrected chi connectivity index (χ3v) is 5.40. The highest BCUT2D eigenvalue weighted by atomic mass is 16.4. The van der Waals surface area contributed by atoms with Crippen LogP contribution in [0.4, 0.5) is 0 Å². The number of hydrogen-bond donors (Lipinski definition) is 2. The molecule has 2 N–H and O–H groups in total. The van der Waals surface area contributed by atoms with Crippen molar-refractivity contribution in [3.05, 3.63) is 75.2 Å². The van der Waals surface area contributed by atoms with Gasteiger partial charge < -0.3 is 10.3 Å². The summed E-state index contributed by atoms with van der Waals surface area (Å²) >= 11 is 0. The minimum Gasteiger partial charge on any atom is -0.477 e. The van der Waals surface area contributed by atoms with Gasteiger partial charge in [-0.05, 0) is 78.6 Å². The topological polar surface area (TPSA) is 91.4 Å². The standard InChI is InChI=1S/C22H20N2O4/c1-12-17(16-5-3-4-15(10-16)13(2)23-28)8-9-24-20(12)18(14-6-7-14)11-19(21(24)25)22(26)27/h3-5,8-11,14,28H,6-7H2,1-2H3,(H,26,27). The summed E-state index contributed by atoms with van der Waals surface area (Å²) in [4.78, 5) is 24.2. The first-order valence-electron chi connectivity index (χ1n) is 9.14. The monoisotopic (exact) mass is 376 g/mol. The lowest BCUT2D eigenvalue weighted by Crippen LogP contribution is -2.23. The van der Waals surface area contributed by atoms with Crippen molar-refractivity contribution >= 4 is 17.2 Å². The number of aromatic nitrogens is 1. The van der Waals surface area contributed by atoms with Gasteiger partial charge in [0.05, 0.1) is 11.2 Å². The summed E-state index contributed by atoms with van der Waals surface area (Å²) in [7, 11) is 0. The molecule has 3 aromatic rings. The quantitative estimate of drug-likeness (QED) is 0.408. The molecule has 0 radical (unpaired) electrons. The molecule has 0 spiro atoms. The van der Waals surface area contributed by atoms with Gasteiger partial charge in [0, 0.05) is 6.20 Å². The lowest BCUT2D eigenvalue weighted by molar-refractivity contribution is 0.0694. The number of aryl methyl sites for hydroxylation is 1. The molecule has 1 aliphatic rings. The number of carbonyl (C=O) groups is 1. The van der Waals surface area contributed by atoms with Gasteiger partial charge in [0.15, 0.2) is 0 Å². The van der Waals surface area contributed by atoms with E-state index in [1.54, 1.807) is 19.2 Å². The maximum absolute atomic E-state index is 12.7. The average Bonchev–Trinajstić information content (AvgIpc) is 3.53. The van der Waals surface area contributed by atoms with Gasteiger partial charge in [0.2, 0.25) is 0 Å². The summed E-state index contributed by atoms with van der Waals surface area (Å²) in [6, 6.07) is 11.0. The molecule has 1 fully saturated rings. The third kappa shape index (κ3) is 2.87. The van der Waals surface area contributed by atoms with E-state index in [2.05, 4.69) is 5.16 Å². The summed E-state index contributed by atoms with van der Waals surface area (Å²) in [5, 5.41) is 21.7. The molecular formula is C22H20N2O4. The third-order valence-electron chi connectivity index (χ3n) is 5.40. The van der Waals surface area contributed by atoms with Gasteiger partial charge in [-0.2, -0.15) is 0 Å². The molecule has 2 heterocycles. The Morgan fingerprint density at radius 3 is 2.61 bits per heavy atom. The smallest absolute Gasteiger partial charge is 0.341 e. The zero-order valence-corrected chi connectivity index (χ0v) is 15.6. The summed E-state index contributed by atoms with van der Waals surface area (Å²) < 4.78 is 1.46. The van der Waals surface area contributed by atoms with E-state index in [1.165, 1.54) is 4.40 Å². The molecule has 0 atom stereocenters. The maximum Gasteiger partial charge on any atom is 0.341 e. The number of fused-ring (bicyclic) bond motifs is 1. The highest BCUT2D eigenvalue weighted by Gasteiger charge is 2.29. The Bertz CT molecular complexity index is 1200. The van der Waals surface area contributed by atoms with Gasteiger partial charge in [0.1, 0.15) is 5.56 Å². The van der Waals surface area contributed by atoms with Crippen LogP contribution in [0.25, 0.3) is 16.6 Å².